The molecule has 0 saturated carbocycles. The first kappa shape index (κ1) is 12.8. The predicted molar refractivity (Wildman–Crippen MR) is 39.7 cm³/mol. The lowest BCUT2D eigenvalue weighted by atomic mass is 10.2. The van der Waals surface area contributed by atoms with Crippen molar-refractivity contribution in [2.45, 2.75) is 0 Å². The SMILES string of the molecule is Nc1ccc(N)c(N)c1.[Cl-].[Cl-]. The second-order valence-electron chi connectivity index (χ2n) is 1.89. The zero-order chi connectivity index (χ0) is 6.85. The maximum absolute atomic E-state index is 5.42. The number of halogens is 2. The molecule has 1 rings (SSSR count). The lowest BCUT2D eigenvalue weighted by Crippen LogP contribution is -3.00. The lowest BCUT2D eigenvalue weighted by Gasteiger charge is -1.98. The number of hydrogen-bond donors (Lipinski definition) is 3. The zero-order valence-corrected chi connectivity index (χ0v) is 7.23. The third-order valence-electron chi connectivity index (χ3n) is 1.11. The van der Waals surface area contributed by atoms with Crippen LogP contribution in [0.3, 0.4) is 0 Å². The van der Waals surface area contributed by atoms with Crippen LogP contribution in [0.25, 0.3) is 0 Å². The molecule has 0 atom stereocenters. The molecule has 0 amide bonds. The molecule has 0 aliphatic rings. The first-order valence-corrected chi connectivity index (χ1v) is 2.60. The van der Waals surface area contributed by atoms with Crippen molar-refractivity contribution in [1.82, 2.24) is 0 Å². The van der Waals surface area contributed by atoms with E-state index in [2.05, 4.69) is 0 Å². The second-order valence-corrected chi connectivity index (χ2v) is 1.89. The largest absolute Gasteiger partial charge is 1.00 e. The number of benzene rings is 1. The van der Waals surface area contributed by atoms with E-state index in [4.69, 9.17) is 17.2 Å². The molecule has 11 heavy (non-hydrogen) atoms. The molecule has 1 aromatic rings. The Balaban J connectivity index is 0. The summed E-state index contributed by atoms with van der Waals surface area (Å²) in [7, 11) is 0. The van der Waals surface area contributed by atoms with Gasteiger partial charge in [0.1, 0.15) is 0 Å². The molecule has 3 nitrogen and oxygen atoms in total. The number of nitrogen functional groups attached to an aromatic ring is 3. The van der Waals surface area contributed by atoms with Gasteiger partial charge in [0.15, 0.2) is 0 Å². The van der Waals surface area contributed by atoms with Gasteiger partial charge in [0.25, 0.3) is 0 Å². The Labute approximate surface area is 77.8 Å². The monoisotopic (exact) mass is 193 g/mol. The molecule has 0 unspecified atom stereocenters. The summed E-state index contributed by atoms with van der Waals surface area (Å²) in [6, 6.07) is 5.03. The van der Waals surface area contributed by atoms with E-state index in [1.165, 1.54) is 0 Å². The van der Waals surface area contributed by atoms with Crippen LogP contribution in [0.5, 0.6) is 0 Å². The number of hydrogen-bond acceptors (Lipinski definition) is 3. The summed E-state index contributed by atoms with van der Waals surface area (Å²) in [6.45, 7) is 0. The van der Waals surface area contributed by atoms with Gasteiger partial charge in [-0.25, -0.2) is 0 Å². The average molecular weight is 194 g/mol. The van der Waals surface area contributed by atoms with Crippen molar-refractivity contribution in [3.05, 3.63) is 18.2 Å². The van der Waals surface area contributed by atoms with Gasteiger partial charge in [0, 0.05) is 5.69 Å². The van der Waals surface area contributed by atoms with Crippen LogP contribution < -0.4 is 42.0 Å². The van der Waals surface area contributed by atoms with Gasteiger partial charge in [0.2, 0.25) is 0 Å². The molecule has 0 fully saturated rings. The first-order valence-electron chi connectivity index (χ1n) is 2.60. The molecule has 0 aromatic heterocycles. The van der Waals surface area contributed by atoms with Crippen LogP contribution >= 0.6 is 0 Å². The minimum atomic E-state index is 0. The number of nitrogens with two attached hydrogens (primary N) is 3. The molecule has 0 aliphatic heterocycles. The van der Waals surface area contributed by atoms with Gasteiger partial charge in [0.05, 0.1) is 11.4 Å². The van der Waals surface area contributed by atoms with Crippen LogP contribution in [-0.4, -0.2) is 0 Å². The summed E-state index contributed by atoms with van der Waals surface area (Å²) in [4.78, 5) is 0. The van der Waals surface area contributed by atoms with Crippen LogP contribution in [0.1, 0.15) is 0 Å². The normalized spacial score (nSPS) is 7.64. The maximum Gasteiger partial charge on any atom is 0.0568 e. The predicted octanol–water partition coefficient (Wildman–Crippen LogP) is -5.56. The first-order chi connectivity index (χ1) is 4.20. The van der Waals surface area contributed by atoms with E-state index in [0.29, 0.717) is 17.1 Å². The fourth-order valence-electron chi connectivity index (χ4n) is 0.593. The lowest BCUT2D eigenvalue weighted by molar-refractivity contribution is -0.001000. The Kier molecular flexibility index (Phi) is 5.76. The van der Waals surface area contributed by atoms with Crippen molar-refractivity contribution in [2.24, 2.45) is 0 Å². The summed E-state index contributed by atoms with van der Waals surface area (Å²) in [5.74, 6) is 0. The highest BCUT2D eigenvalue weighted by molar-refractivity contribution is 5.67. The van der Waals surface area contributed by atoms with Gasteiger partial charge in [-0.2, -0.15) is 0 Å². The molecule has 0 heterocycles. The molecule has 0 spiro atoms. The Bertz CT molecular complexity index is 227. The molecular formula is C6H9Cl2N3-2. The van der Waals surface area contributed by atoms with E-state index >= 15 is 0 Å². The highest BCUT2D eigenvalue weighted by Gasteiger charge is 1.90. The fraction of sp³-hybridized carbons (Fsp3) is 0. The van der Waals surface area contributed by atoms with Crippen molar-refractivity contribution in [3.8, 4) is 0 Å². The Morgan fingerprint density at radius 1 is 0.818 bits per heavy atom. The Morgan fingerprint density at radius 2 is 1.36 bits per heavy atom. The molecule has 5 heteroatoms. The zero-order valence-electron chi connectivity index (χ0n) is 5.72. The van der Waals surface area contributed by atoms with Crippen LogP contribution in [0.2, 0.25) is 0 Å². The van der Waals surface area contributed by atoms with Crippen molar-refractivity contribution in [2.75, 3.05) is 17.2 Å². The molecule has 64 valence electrons. The fourth-order valence-corrected chi connectivity index (χ4v) is 0.593. The quantitative estimate of drug-likeness (QED) is 0.360. The minimum absolute atomic E-state index is 0. The molecule has 0 bridgehead atoms. The third kappa shape index (κ3) is 3.20. The van der Waals surface area contributed by atoms with Crippen molar-refractivity contribution in [3.63, 3.8) is 0 Å². The highest BCUT2D eigenvalue weighted by Crippen LogP contribution is 2.16. The average Bonchev–Trinajstić information content (AvgIpc) is 1.80. The van der Waals surface area contributed by atoms with Crippen molar-refractivity contribution in [1.29, 1.82) is 0 Å². The van der Waals surface area contributed by atoms with Gasteiger partial charge in [-0.05, 0) is 18.2 Å². The van der Waals surface area contributed by atoms with Gasteiger partial charge in [-0.3, -0.25) is 0 Å². The molecule has 0 radical (unpaired) electrons. The number of anilines is 3. The van der Waals surface area contributed by atoms with Crippen molar-refractivity contribution >= 4 is 17.1 Å². The molecular weight excluding hydrogens is 185 g/mol. The van der Waals surface area contributed by atoms with E-state index in [1.807, 2.05) is 0 Å². The second kappa shape index (κ2) is 4.93. The van der Waals surface area contributed by atoms with Gasteiger partial charge < -0.3 is 42.0 Å². The van der Waals surface area contributed by atoms with Crippen LogP contribution in [-0.2, 0) is 0 Å². The summed E-state index contributed by atoms with van der Waals surface area (Å²) in [6.07, 6.45) is 0. The van der Waals surface area contributed by atoms with E-state index in [9.17, 15) is 0 Å². The summed E-state index contributed by atoms with van der Waals surface area (Å²) < 4.78 is 0. The standard InChI is InChI=1S/C6H9N3.2ClH/c7-4-1-2-5(8)6(9)3-4;;/h1-3H,7-9H2;2*1H/p-2. The molecule has 0 saturated heterocycles. The Morgan fingerprint density at radius 3 is 1.73 bits per heavy atom. The van der Waals surface area contributed by atoms with E-state index in [1.54, 1.807) is 18.2 Å². The third-order valence-corrected chi connectivity index (χ3v) is 1.11. The molecule has 0 aliphatic carbocycles. The van der Waals surface area contributed by atoms with Gasteiger partial charge >= 0.3 is 0 Å². The van der Waals surface area contributed by atoms with Crippen molar-refractivity contribution < 1.29 is 24.8 Å². The summed E-state index contributed by atoms with van der Waals surface area (Å²) >= 11 is 0. The topological polar surface area (TPSA) is 78.1 Å². The maximum atomic E-state index is 5.42. The summed E-state index contributed by atoms with van der Waals surface area (Å²) in [5, 5.41) is 0. The van der Waals surface area contributed by atoms with Crippen LogP contribution in [0.4, 0.5) is 17.1 Å². The molecule has 6 N–H and O–H groups in total. The van der Waals surface area contributed by atoms with Crippen LogP contribution in [0, 0.1) is 0 Å². The molecule has 1 aromatic carbocycles. The van der Waals surface area contributed by atoms with E-state index < -0.39 is 0 Å². The minimum Gasteiger partial charge on any atom is -1.00 e. The Hall–Kier alpha value is -0.800. The summed E-state index contributed by atoms with van der Waals surface area (Å²) in [5.41, 5.74) is 18.0. The highest BCUT2D eigenvalue weighted by atomic mass is 35.5. The van der Waals surface area contributed by atoms with E-state index in [-0.39, 0.29) is 24.8 Å². The van der Waals surface area contributed by atoms with Crippen LogP contribution in [0.15, 0.2) is 18.2 Å². The van der Waals surface area contributed by atoms with Gasteiger partial charge in [-0.15, -0.1) is 0 Å². The number of rotatable bonds is 0. The smallest absolute Gasteiger partial charge is 0.0568 e. The van der Waals surface area contributed by atoms with E-state index in [0.717, 1.165) is 0 Å². The van der Waals surface area contributed by atoms with Gasteiger partial charge in [-0.1, -0.05) is 0 Å².